The summed E-state index contributed by atoms with van der Waals surface area (Å²) in [5.41, 5.74) is 2.50. The van der Waals surface area contributed by atoms with Gasteiger partial charge in [0.2, 0.25) is 5.91 Å². The number of hydrogen-bond donors (Lipinski definition) is 0. The zero-order valence-corrected chi connectivity index (χ0v) is 22.6. The first-order chi connectivity index (χ1) is 17.0. The van der Waals surface area contributed by atoms with Gasteiger partial charge in [-0.3, -0.25) is 4.79 Å². The van der Waals surface area contributed by atoms with E-state index in [1.165, 1.54) is 61.3 Å². The molecule has 2 nitrogen and oxygen atoms in total. The van der Waals surface area contributed by atoms with Crippen LogP contribution in [0.3, 0.4) is 0 Å². The van der Waals surface area contributed by atoms with E-state index in [-0.39, 0.29) is 5.91 Å². The Bertz CT molecular complexity index is 959. The molecular weight excluding hydrogens is 426 g/mol. The minimum Gasteiger partial charge on any atom is -0.345 e. The Labute approximate surface area is 214 Å². The monoisotopic (exact) mass is 473 g/mol. The van der Waals surface area contributed by atoms with Crippen LogP contribution in [0.4, 0.5) is 0 Å². The van der Waals surface area contributed by atoms with Crippen molar-refractivity contribution in [2.45, 2.75) is 85.0 Å². The van der Waals surface area contributed by atoms with Crippen molar-refractivity contribution in [3.8, 4) is 0 Å². The van der Waals surface area contributed by atoms with Crippen LogP contribution >= 0.6 is 0 Å². The summed E-state index contributed by atoms with van der Waals surface area (Å²) in [6.45, 7) is 7.59. The fraction of sp³-hybridized carbons (Fsp3) is 0.485. The number of hydrogen-bond acceptors (Lipinski definition) is 1. The molecule has 0 unspecified atom stereocenters. The Balaban J connectivity index is 0.000000199. The molecule has 0 saturated heterocycles. The standard InChI is InChI=1S/C14H21NO.C12H12.C7H14/c1-3-4-8-11-15(2)14(16)12-13-9-6-5-7-10-13;1-2-10-7-8-11-5-3-4-6-12(11)9-10;1-7-5-3-2-4-6-7/h5-7,9-10H,3-4,8,11-12H2,1-2H3;3-9H,2H2,1H3;7H,2-6H2,1H3. The number of amides is 1. The zero-order valence-electron chi connectivity index (χ0n) is 22.6. The number of aryl methyl sites for hydroxylation is 1. The lowest BCUT2D eigenvalue weighted by Gasteiger charge is -2.16. The predicted molar refractivity (Wildman–Crippen MR) is 153 cm³/mol. The molecule has 0 radical (unpaired) electrons. The molecule has 0 heterocycles. The van der Waals surface area contributed by atoms with E-state index in [2.05, 4.69) is 63.2 Å². The molecule has 0 spiro atoms. The summed E-state index contributed by atoms with van der Waals surface area (Å²) in [7, 11) is 1.89. The van der Waals surface area contributed by atoms with Crippen molar-refractivity contribution in [2.24, 2.45) is 5.92 Å². The van der Waals surface area contributed by atoms with Crippen molar-refractivity contribution in [1.29, 1.82) is 0 Å². The molecule has 4 rings (SSSR count). The van der Waals surface area contributed by atoms with Gasteiger partial charge < -0.3 is 4.90 Å². The first-order valence-corrected chi connectivity index (χ1v) is 13.8. The normalized spacial score (nSPS) is 13.3. The number of unbranched alkanes of at least 4 members (excludes halogenated alkanes) is 2. The van der Waals surface area contributed by atoms with Crippen LogP contribution in [0.25, 0.3) is 10.8 Å². The van der Waals surface area contributed by atoms with Crippen molar-refractivity contribution >= 4 is 16.7 Å². The molecule has 0 aromatic heterocycles. The molecule has 35 heavy (non-hydrogen) atoms. The van der Waals surface area contributed by atoms with E-state index in [1.807, 2.05) is 42.3 Å². The van der Waals surface area contributed by atoms with Crippen LogP contribution in [-0.2, 0) is 17.6 Å². The number of carbonyl (C=O) groups is 1. The number of fused-ring (bicyclic) bond motifs is 1. The van der Waals surface area contributed by atoms with E-state index in [0.29, 0.717) is 6.42 Å². The molecule has 0 aliphatic heterocycles. The van der Waals surface area contributed by atoms with Gasteiger partial charge >= 0.3 is 0 Å². The van der Waals surface area contributed by atoms with Crippen LogP contribution < -0.4 is 0 Å². The number of nitrogens with zero attached hydrogens (tertiary/aromatic N) is 1. The average Bonchev–Trinajstić information content (AvgIpc) is 2.90. The lowest BCUT2D eigenvalue weighted by atomic mass is 9.91. The second kappa shape index (κ2) is 16.9. The molecule has 2 heteroatoms. The molecule has 1 aliphatic carbocycles. The van der Waals surface area contributed by atoms with Crippen molar-refractivity contribution < 1.29 is 4.79 Å². The van der Waals surface area contributed by atoms with Gasteiger partial charge in [0.05, 0.1) is 6.42 Å². The first kappa shape index (κ1) is 28.6. The van der Waals surface area contributed by atoms with Gasteiger partial charge in [-0.15, -0.1) is 0 Å². The molecule has 3 aromatic carbocycles. The van der Waals surface area contributed by atoms with Crippen molar-refractivity contribution in [2.75, 3.05) is 13.6 Å². The largest absolute Gasteiger partial charge is 0.345 e. The predicted octanol–water partition coefficient (Wildman–Crippen LogP) is 8.87. The van der Waals surface area contributed by atoms with Crippen LogP contribution in [0.2, 0.25) is 0 Å². The highest BCUT2D eigenvalue weighted by molar-refractivity contribution is 5.83. The number of benzene rings is 3. The second-order valence-corrected chi connectivity index (χ2v) is 9.96. The van der Waals surface area contributed by atoms with Gasteiger partial charge in [-0.1, -0.05) is 139 Å². The molecule has 1 fully saturated rings. The molecule has 1 aliphatic rings. The molecule has 1 amide bonds. The molecule has 3 aromatic rings. The Morgan fingerprint density at radius 2 is 1.46 bits per heavy atom. The van der Waals surface area contributed by atoms with Gasteiger partial charge in [-0.2, -0.15) is 0 Å². The Morgan fingerprint density at radius 3 is 2.06 bits per heavy atom. The quantitative estimate of drug-likeness (QED) is 0.314. The third kappa shape index (κ3) is 11.6. The fourth-order valence-electron chi connectivity index (χ4n) is 4.39. The van der Waals surface area contributed by atoms with E-state index in [9.17, 15) is 4.79 Å². The molecule has 0 atom stereocenters. The highest BCUT2D eigenvalue weighted by Gasteiger charge is 2.08. The smallest absolute Gasteiger partial charge is 0.226 e. The summed E-state index contributed by atoms with van der Waals surface area (Å²) in [5, 5.41) is 2.67. The highest BCUT2D eigenvalue weighted by Crippen LogP contribution is 2.22. The highest BCUT2D eigenvalue weighted by atomic mass is 16.2. The minimum absolute atomic E-state index is 0.210. The molecule has 0 bridgehead atoms. The topological polar surface area (TPSA) is 20.3 Å². The van der Waals surface area contributed by atoms with E-state index in [4.69, 9.17) is 0 Å². The molecule has 1 saturated carbocycles. The second-order valence-electron chi connectivity index (χ2n) is 9.96. The maximum Gasteiger partial charge on any atom is 0.226 e. The van der Waals surface area contributed by atoms with Gasteiger partial charge in [-0.05, 0) is 40.7 Å². The van der Waals surface area contributed by atoms with Crippen molar-refractivity contribution in [1.82, 2.24) is 4.90 Å². The SMILES string of the molecule is CC1CCCCC1.CCCCCN(C)C(=O)Cc1ccccc1.CCc1ccc2ccccc2c1. The average molecular weight is 474 g/mol. The summed E-state index contributed by atoms with van der Waals surface area (Å²) < 4.78 is 0. The van der Waals surface area contributed by atoms with Gasteiger partial charge in [0.1, 0.15) is 0 Å². The van der Waals surface area contributed by atoms with Crippen LogP contribution in [0.1, 0.15) is 83.3 Å². The Kier molecular flexibility index (Phi) is 13.8. The Hall–Kier alpha value is -2.61. The molecular formula is C33H47NO. The minimum atomic E-state index is 0.210. The summed E-state index contributed by atoms with van der Waals surface area (Å²) >= 11 is 0. The van der Waals surface area contributed by atoms with Crippen LogP contribution in [0.5, 0.6) is 0 Å². The Morgan fingerprint density at radius 1 is 0.800 bits per heavy atom. The maximum atomic E-state index is 11.8. The zero-order chi connectivity index (χ0) is 25.3. The van der Waals surface area contributed by atoms with Gasteiger partial charge in [0, 0.05) is 13.6 Å². The maximum absolute atomic E-state index is 11.8. The number of carbonyl (C=O) groups excluding carboxylic acids is 1. The summed E-state index contributed by atoms with van der Waals surface area (Å²) in [4.78, 5) is 13.7. The van der Waals surface area contributed by atoms with E-state index in [0.717, 1.165) is 30.9 Å². The fourth-order valence-corrected chi connectivity index (χ4v) is 4.39. The van der Waals surface area contributed by atoms with Crippen molar-refractivity contribution in [3.63, 3.8) is 0 Å². The molecule has 0 N–H and O–H groups in total. The summed E-state index contributed by atoms with van der Waals surface area (Å²) in [5.74, 6) is 1.25. The molecule has 190 valence electrons. The van der Waals surface area contributed by atoms with Crippen molar-refractivity contribution in [3.05, 3.63) is 83.9 Å². The first-order valence-electron chi connectivity index (χ1n) is 13.8. The van der Waals surface area contributed by atoms with Crippen LogP contribution in [0, 0.1) is 5.92 Å². The van der Waals surface area contributed by atoms with Gasteiger partial charge in [0.25, 0.3) is 0 Å². The lowest BCUT2D eigenvalue weighted by molar-refractivity contribution is -0.129. The summed E-state index contributed by atoms with van der Waals surface area (Å²) in [6, 6.07) is 25.0. The van der Waals surface area contributed by atoms with Crippen LogP contribution in [0.15, 0.2) is 72.8 Å². The van der Waals surface area contributed by atoms with E-state index in [1.54, 1.807) is 0 Å². The number of rotatable bonds is 7. The van der Waals surface area contributed by atoms with Gasteiger partial charge in [-0.25, -0.2) is 0 Å². The lowest BCUT2D eigenvalue weighted by Crippen LogP contribution is -2.29. The van der Waals surface area contributed by atoms with E-state index < -0.39 is 0 Å². The van der Waals surface area contributed by atoms with E-state index >= 15 is 0 Å². The van der Waals surface area contributed by atoms with Gasteiger partial charge in [0.15, 0.2) is 0 Å². The van der Waals surface area contributed by atoms with Crippen LogP contribution in [-0.4, -0.2) is 24.4 Å². The third-order valence-corrected chi connectivity index (χ3v) is 6.84. The number of likely N-dealkylation sites (N-methyl/N-ethyl adjacent to an activating group) is 1. The summed E-state index contributed by atoms with van der Waals surface area (Å²) in [6.07, 6.45) is 12.6. The third-order valence-electron chi connectivity index (χ3n) is 6.84.